The highest BCUT2D eigenvalue weighted by atomic mass is 16.5. The summed E-state index contributed by atoms with van der Waals surface area (Å²) in [7, 11) is 0. The van der Waals surface area contributed by atoms with Crippen LogP contribution in [-0.2, 0) is 9.53 Å². The minimum atomic E-state index is -0.716. The molecule has 0 aromatic heterocycles. The number of allylic oxidation sites excluding steroid dienone is 1. The van der Waals surface area contributed by atoms with Crippen molar-refractivity contribution in [2.75, 3.05) is 0 Å². The molecule has 1 rings (SSSR count). The molecular weight excluding hydrogens is 128 g/mol. The highest BCUT2D eigenvalue weighted by molar-refractivity contribution is 5.97. The first-order valence-electron chi connectivity index (χ1n) is 3.13. The zero-order chi connectivity index (χ0) is 7.78. The monoisotopic (exact) mass is 138 g/mol. The summed E-state index contributed by atoms with van der Waals surface area (Å²) in [6.07, 6.45) is 3.07. The maximum absolute atomic E-state index is 11.0. The van der Waals surface area contributed by atoms with E-state index in [4.69, 9.17) is 4.74 Å². The van der Waals surface area contributed by atoms with E-state index in [0.29, 0.717) is 5.76 Å². The Hall–Kier alpha value is -1.05. The second kappa shape index (κ2) is 1.97. The SMILES string of the molecule is C=C1C=CC(=O)C(C)(C)O1. The maximum atomic E-state index is 11.0. The van der Waals surface area contributed by atoms with Crippen molar-refractivity contribution in [3.05, 3.63) is 24.5 Å². The molecule has 0 saturated heterocycles. The molecule has 0 aliphatic carbocycles. The first-order valence-corrected chi connectivity index (χ1v) is 3.13. The largest absolute Gasteiger partial charge is 0.480 e. The van der Waals surface area contributed by atoms with Gasteiger partial charge in [-0.25, -0.2) is 0 Å². The molecule has 1 heterocycles. The van der Waals surface area contributed by atoms with Gasteiger partial charge in [0.15, 0.2) is 11.4 Å². The molecule has 0 saturated carbocycles. The second-order valence-corrected chi connectivity index (χ2v) is 2.78. The van der Waals surface area contributed by atoms with E-state index in [-0.39, 0.29) is 5.78 Å². The van der Waals surface area contributed by atoms with Crippen molar-refractivity contribution in [3.63, 3.8) is 0 Å². The molecule has 0 bridgehead atoms. The highest BCUT2D eigenvalue weighted by Crippen LogP contribution is 2.20. The molecule has 0 N–H and O–H groups in total. The summed E-state index contributed by atoms with van der Waals surface area (Å²) in [5.74, 6) is 0.532. The Balaban J connectivity index is 2.93. The lowest BCUT2D eigenvalue weighted by Gasteiger charge is -2.26. The van der Waals surface area contributed by atoms with Gasteiger partial charge in [-0.3, -0.25) is 4.79 Å². The topological polar surface area (TPSA) is 26.3 Å². The number of ether oxygens (including phenoxy) is 1. The average molecular weight is 138 g/mol. The smallest absolute Gasteiger partial charge is 0.198 e. The van der Waals surface area contributed by atoms with Crippen LogP contribution in [0, 0.1) is 0 Å². The predicted octanol–water partition coefficient (Wildman–Crippen LogP) is 1.43. The molecule has 0 aromatic rings. The van der Waals surface area contributed by atoms with Gasteiger partial charge in [-0.2, -0.15) is 0 Å². The summed E-state index contributed by atoms with van der Waals surface area (Å²) >= 11 is 0. The van der Waals surface area contributed by atoms with Gasteiger partial charge in [0, 0.05) is 0 Å². The van der Waals surface area contributed by atoms with E-state index in [9.17, 15) is 4.79 Å². The fourth-order valence-corrected chi connectivity index (χ4v) is 0.781. The van der Waals surface area contributed by atoms with Crippen LogP contribution in [0.3, 0.4) is 0 Å². The Kier molecular flexibility index (Phi) is 1.39. The standard InChI is InChI=1S/C8H10O2/c1-6-4-5-7(9)8(2,3)10-6/h4-5H,1H2,2-3H3. The van der Waals surface area contributed by atoms with Crippen LogP contribution in [0.4, 0.5) is 0 Å². The van der Waals surface area contributed by atoms with Crippen molar-refractivity contribution in [3.8, 4) is 0 Å². The minimum Gasteiger partial charge on any atom is -0.480 e. The Labute approximate surface area is 60.2 Å². The molecule has 0 fully saturated rings. The van der Waals surface area contributed by atoms with Gasteiger partial charge in [-0.15, -0.1) is 0 Å². The normalized spacial score (nSPS) is 22.6. The number of rotatable bonds is 0. The van der Waals surface area contributed by atoms with Gasteiger partial charge in [-0.05, 0) is 26.0 Å². The van der Waals surface area contributed by atoms with Crippen molar-refractivity contribution in [1.82, 2.24) is 0 Å². The van der Waals surface area contributed by atoms with Gasteiger partial charge in [0.25, 0.3) is 0 Å². The first-order chi connectivity index (χ1) is 4.52. The molecule has 0 spiro atoms. The van der Waals surface area contributed by atoms with Gasteiger partial charge in [0.1, 0.15) is 5.76 Å². The third-order valence-electron chi connectivity index (χ3n) is 1.40. The van der Waals surface area contributed by atoms with E-state index in [0.717, 1.165) is 0 Å². The van der Waals surface area contributed by atoms with Crippen LogP contribution in [0.1, 0.15) is 13.8 Å². The maximum Gasteiger partial charge on any atom is 0.198 e. The van der Waals surface area contributed by atoms with Gasteiger partial charge >= 0.3 is 0 Å². The van der Waals surface area contributed by atoms with Gasteiger partial charge in [0.05, 0.1) is 0 Å². The Morgan fingerprint density at radius 3 is 2.50 bits per heavy atom. The van der Waals surface area contributed by atoms with Crippen molar-refractivity contribution in [2.45, 2.75) is 19.4 Å². The summed E-state index contributed by atoms with van der Waals surface area (Å²) in [4.78, 5) is 11.0. The number of carbonyl (C=O) groups excluding carboxylic acids is 1. The van der Waals surface area contributed by atoms with Crippen LogP contribution in [0.5, 0.6) is 0 Å². The fourth-order valence-electron chi connectivity index (χ4n) is 0.781. The first kappa shape index (κ1) is 7.06. The quantitative estimate of drug-likeness (QED) is 0.506. The molecule has 0 radical (unpaired) electrons. The van der Waals surface area contributed by atoms with Crippen LogP contribution in [0.15, 0.2) is 24.5 Å². The van der Waals surface area contributed by atoms with E-state index < -0.39 is 5.60 Å². The van der Waals surface area contributed by atoms with Crippen LogP contribution in [-0.4, -0.2) is 11.4 Å². The molecule has 0 unspecified atom stereocenters. The van der Waals surface area contributed by atoms with E-state index in [1.807, 2.05) is 0 Å². The van der Waals surface area contributed by atoms with Gasteiger partial charge in [0.2, 0.25) is 0 Å². The Morgan fingerprint density at radius 1 is 1.50 bits per heavy atom. The van der Waals surface area contributed by atoms with E-state index in [1.165, 1.54) is 6.08 Å². The summed E-state index contributed by atoms with van der Waals surface area (Å²) in [6.45, 7) is 7.04. The second-order valence-electron chi connectivity index (χ2n) is 2.78. The zero-order valence-corrected chi connectivity index (χ0v) is 6.18. The fraction of sp³-hybridized carbons (Fsp3) is 0.375. The summed E-state index contributed by atoms with van der Waals surface area (Å²) < 4.78 is 5.16. The third kappa shape index (κ3) is 1.10. The van der Waals surface area contributed by atoms with Crippen LogP contribution >= 0.6 is 0 Å². The number of hydrogen-bond acceptors (Lipinski definition) is 2. The molecule has 1 aliphatic heterocycles. The lowest BCUT2D eigenvalue weighted by atomic mass is 10.0. The molecule has 54 valence electrons. The molecular formula is C8H10O2. The number of carbonyl (C=O) groups is 1. The zero-order valence-electron chi connectivity index (χ0n) is 6.18. The van der Waals surface area contributed by atoms with Gasteiger partial charge in [-0.1, -0.05) is 6.58 Å². The summed E-state index contributed by atoms with van der Waals surface area (Å²) in [5.41, 5.74) is -0.716. The molecule has 2 heteroatoms. The molecule has 0 atom stereocenters. The Morgan fingerprint density at radius 2 is 2.10 bits per heavy atom. The number of hydrogen-bond donors (Lipinski definition) is 0. The molecule has 1 aliphatic rings. The van der Waals surface area contributed by atoms with Crippen molar-refractivity contribution in [1.29, 1.82) is 0 Å². The van der Waals surface area contributed by atoms with Crippen LogP contribution in [0.25, 0.3) is 0 Å². The van der Waals surface area contributed by atoms with E-state index >= 15 is 0 Å². The lowest BCUT2D eigenvalue weighted by molar-refractivity contribution is -0.131. The summed E-state index contributed by atoms with van der Waals surface area (Å²) in [6, 6.07) is 0. The number of ketones is 1. The highest BCUT2D eigenvalue weighted by Gasteiger charge is 2.30. The summed E-state index contributed by atoms with van der Waals surface area (Å²) in [5, 5.41) is 0. The third-order valence-corrected chi connectivity index (χ3v) is 1.40. The molecule has 2 nitrogen and oxygen atoms in total. The van der Waals surface area contributed by atoms with Crippen molar-refractivity contribution >= 4 is 5.78 Å². The molecule has 10 heavy (non-hydrogen) atoms. The predicted molar refractivity (Wildman–Crippen MR) is 38.5 cm³/mol. The van der Waals surface area contributed by atoms with Crippen molar-refractivity contribution in [2.24, 2.45) is 0 Å². The lowest BCUT2D eigenvalue weighted by Crippen LogP contribution is -2.35. The van der Waals surface area contributed by atoms with Gasteiger partial charge < -0.3 is 4.74 Å². The Bertz CT molecular complexity index is 211. The minimum absolute atomic E-state index is 0.0140. The van der Waals surface area contributed by atoms with Crippen LogP contribution < -0.4 is 0 Å². The average Bonchev–Trinajstić information content (AvgIpc) is 1.78. The van der Waals surface area contributed by atoms with Crippen LogP contribution in [0.2, 0.25) is 0 Å². The van der Waals surface area contributed by atoms with E-state index in [2.05, 4.69) is 6.58 Å². The molecule has 0 amide bonds. The van der Waals surface area contributed by atoms with Crippen molar-refractivity contribution < 1.29 is 9.53 Å². The van der Waals surface area contributed by atoms with E-state index in [1.54, 1.807) is 19.9 Å². The molecule has 0 aromatic carbocycles.